The summed E-state index contributed by atoms with van der Waals surface area (Å²) in [4.78, 5) is 28.1. The second-order valence-corrected chi connectivity index (χ2v) is 6.17. The predicted molar refractivity (Wildman–Crippen MR) is 88.8 cm³/mol. The summed E-state index contributed by atoms with van der Waals surface area (Å²) < 4.78 is 0. The molecule has 2 rings (SSSR count). The number of rotatable bonds is 4. The van der Waals surface area contributed by atoms with Gasteiger partial charge in [0.1, 0.15) is 6.54 Å². The van der Waals surface area contributed by atoms with Crippen LogP contribution in [0.2, 0.25) is 0 Å². The molecule has 0 bridgehead atoms. The Bertz CT molecular complexity index is 542. The molecule has 0 N–H and O–H groups in total. The standard InChI is InChI=1S/C18H26N2O2/c1-4-16-9-5-6-10-17(16)20(15(3)21)13-18(22)19-11-7-8-14(2)12-19/h5-6,9-10,14H,4,7-8,11-13H2,1-3H3. The number of hydrogen-bond donors (Lipinski definition) is 0. The summed E-state index contributed by atoms with van der Waals surface area (Å²) in [6.45, 7) is 7.52. The van der Waals surface area contributed by atoms with Crippen molar-refractivity contribution >= 4 is 17.5 Å². The maximum absolute atomic E-state index is 12.6. The zero-order chi connectivity index (χ0) is 16.1. The fraction of sp³-hybridized carbons (Fsp3) is 0.556. The molecule has 1 aliphatic heterocycles. The van der Waals surface area contributed by atoms with Crippen molar-refractivity contribution < 1.29 is 9.59 Å². The molecule has 0 saturated carbocycles. The van der Waals surface area contributed by atoms with Gasteiger partial charge in [-0.2, -0.15) is 0 Å². The molecule has 1 atom stereocenters. The molecular formula is C18H26N2O2. The van der Waals surface area contributed by atoms with E-state index < -0.39 is 0 Å². The summed E-state index contributed by atoms with van der Waals surface area (Å²) in [5.41, 5.74) is 1.95. The van der Waals surface area contributed by atoms with Gasteiger partial charge in [0, 0.05) is 25.7 Å². The van der Waals surface area contributed by atoms with Crippen LogP contribution in [0.15, 0.2) is 24.3 Å². The van der Waals surface area contributed by atoms with Gasteiger partial charge < -0.3 is 9.80 Å². The number of para-hydroxylation sites is 1. The molecule has 0 aromatic heterocycles. The van der Waals surface area contributed by atoms with E-state index in [1.165, 1.54) is 13.3 Å². The van der Waals surface area contributed by atoms with Crippen LogP contribution in [0.4, 0.5) is 5.69 Å². The quantitative estimate of drug-likeness (QED) is 0.858. The second-order valence-electron chi connectivity index (χ2n) is 6.17. The Kier molecular flexibility index (Phi) is 5.58. The maximum atomic E-state index is 12.6. The van der Waals surface area contributed by atoms with Gasteiger partial charge in [0.05, 0.1) is 0 Å². The van der Waals surface area contributed by atoms with Crippen LogP contribution in [0.25, 0.3) is 0 Å². The molecule has 1 aliphatic rings. The summed E-state index contributed by atoms with van der Waals surface area (Å²) in [5, 5.41) is 0. The van der Waals surface area contributed by atoms with Gasteiger partial charge in [-0.1, -0.05) is 32.0 Å². The fourth-order valence-electron chi connectivity index (χ4n) is 3.09. The first-order valence-electron chi connectivity index (χ1n) is 8.16. The van der Waals surface area contributed by atoms with E-state index in [1.807, 2.05) is 29.2 Å². The highest BCUT2D eigenvalue weighted by atomic mass is 16.2. The molecule has 0 spiro atoms. The molecule has 120 valence electrons. The Morgan fingerprint density at radius 2 is 2.05 bits per heavy atom. The number of carbonyl (C=O) groups is 2. The zero-order valence-electron chi connectivity index (χ0n) is 13.8. The Morgan fingerprint density at radius 3 is 2.68 bits per heavy atom. The summed E-state index contributed by atoms with van der Waals surface area (Å²) >= 11 is 0. The number of nitrogens with zero attached hydrogens (tertiary/aromatic N) is 2. The van der Waals surface area contributed by atoms with Gasteiger partial charge in [-0.15, -0.1) is 0 Å². The van der Waals surface area contributed by atoms with Crippen molar-refractivity contribution in [1.82, 2.24) is 4.90 Å². The highest BCUT2D eigenvalue weighted by Gasteiger charge is 2.25. The van der Waals surface area contributed by atoms with E-state index in [9.17, 15) is 9.59 Å². The largest absolute Gasteiger partial charge is 0.341 e. The normalized spacial score (nSPS) is 18.1. The smallest absolute Gasteiger partial charge is 0.242 e. The maximum Gasteiger partial charge on any atom is 0.242 e. The molecule has 1 heterocycles. The molecule has 4 nitrogen and oxygen atoms in total. The molecular weight excluding hydrogens is 276 g/mol. The highest BCUT2D eigenvalue weighted by Crippen LogP contribution is 2.22. The van der Waals surface area contributed by atoms with E-state index in [-0.39, 0.29) is 18.4 Å². The van der Waals surface area contributed by atoms with E-state index in [2.05, 4.69) is 13.8 Å². The Hall–Kier alpha value is -1.84. The minimum absolute atomic E-state index is 0.0488. The van der Waals surface area contributed by atoms with E-state index in [4.69, 9.17) is 0 Å². The first kappa shape index (κ1) is 16.5. The predicted octanol–water partition coefficient (Wildman–Crippen LogP) is 2.86. The van der Waals surface area contributed by atoms with E-state index in [1.54, 1.807) is 4.90 Å². The zero-order valence-corrected chi connectivity index (χ0v) is 13.8. The van der Waals surface area contributed by atoms with E-state index >= 15 is 0 Å². The second kappa shape index (κ2) is 7.43. The lowest BCUT2D eigenvalue weighted by Crippen LogP contribution is -2.46. The molecule has 1 aromatic rings. The molecule has 1 saturated heterocycles. The SMILES string of the molecule is CCc1ccccc1N(CC(=O)N1CCCC(C)C1)C(C)=O. The van der Waals surface area contributed by atoms with Crippen LogP contribution in [0, 0.1) is 5.92 Å². The fourth-order valence-corrected chi connectivity index (χ4v) is 3.09. The third-order valence-corrected chi connectivity index (χ3v) is 4.35. The number of piperidine rings is 1. The summed E-state index contributed by atoms with van der Waals surface area (Å²) in [6.07, 6.45) is 3.08. The summed E-state index contributed by atoms with van der Waals surface area (Å²) in [7, 11) is 0. The molecule has 1 aromatic carbocycles. The van der Waals surface area contributed by atoms with E-state index in [0.717, 1.165) is 37.2 Å². The average Bonchev–Trinajstić information content (AvgIpc) is 2.52. The monoisotopic (exact) mass is 302 g/mol. The first-order chi connectivity index (χ1) is 10.5. The Morgan fingerprint density at radius 1 is 1.32 bits per heavy atom. The molecule has 1 unspecified atom stereocenters. The van der Waals surface area contributed by atoms with Crippen LogP contribution in [0.1, 0.15) is 39.2 Å². The van der Waals surface area contributed by atoms with Crippen molar-refractivity contribution in [3.05, 3.63) is 29.8 Å². The number of aryl methyl sites for hydroxylation is 1. The number of likely N-dealkylation sites (tertiary alicyclic amines) is 1. The van der Waals surface area contributed by atoms with Gasteiger partial charge in [0.25, 0.3) is 0 Å². The minimum atomic E-state index is -0.0840. The van der Waals surface area contributed by atoms with Crippen molar-refractivity contribution in [1.29, 1.82) is 0 Å². The molecule has 0 aliphatic carbocycles. The lowest BCUT2D eigenvalue weighted by atomic mass is 10.0. The third kappa shape index (κ3) is 3.87. The van der Waals surface area contributed by atoms with Crippen LogP contribution in [0.3, 0.4) is 0 Å². The number of hydrogen-bond acceptors (Lipinski definition) is 2. The van der Waals surface area contributed by atoms with Crippen molar-refractivity contribution in [2.75, 3.05) is 24.5 Å². The number of amides is 2. The van der Waals surface area contributed by atoms with E-state index in [0.29, 0.717) is 5.92 Å². The van der Waals surface area contributed by atoms with Crippen molar-refractivity contribution in [2.45, 2.75) is 40.0 Å². The van der Waals surface area contributed by atoms with Crippen molar-refractivity contribution in [2.24, 2.45) is 5.92 Å². The number of carbonyl (C=O) groups excluding carboxylic acids is 2. The number of benzene rings is 1. The Labute approximate surface area is 133 Å². The average molecular weight is 302 g/mol. The molecule has 2 amide bonds. The van der Waals surface area contributed by atoms with Crippen LogP contribution in [-0.4, -0.2) is 36.3 Å². The van der Waals surface area contributed by atoms with Gasteiger partial charge in [-0.3, -0.25) is 9.59 Å². The lowest BCUT2D eigenvalue weighted by Gasteiger charge is -2.33. The summed E-state index contributed by atoms with van der Waals surface area (Å²) in [5.74, 6) is 0.512. The van der Waals surface area contributed by atoms with Crippen LogP contribution >= 0.6 is 0 Å². The third-order valence-electron chi connectivity index (χ3n) is 4.35. The summed E-state index contributed by atoms with van der Waals surface area (Å²) in [6, 6.07) is 7.82. The van der Waals surface area contributed by atoms with Crippen LogP contribution in [-0.2, 0) is 16.0 Å². The topological polar surface area (TPSA) is 40.6 Å². The van der Waals surface area contributed by atoms with Gasteiger partial charge in [-0.05, 0) is 36.8 Å². The minimum Gasteiger partial charge on any atom is -0.341 e. The number of anilines is 1. The van der Waals surface area contributed by atoms with Crippen molar-refractivity contribution in [3.8, 4) is 0 Å². The van der Waals surface area contributed by atoms with Gasteiger partial charge >= 0.3 is 0 Å². The molecule has 4 heteroatoms. The molecule has 0 radical (unpaired) electrons. The van der Waals surface area contributed by atoms with Crippen LogP contribution in [0.5, 0.6) is 0 Å². The van der Waals surface area contributed by atoms with Gasteiger partial charge in [0.2, 0.25) is 11.8 Å². The molecule has 22 heavy (non-hydrogen) atoms. The van der Waals surface area contributed by atoms with Gasteiger partial charge in [-0.25, -0.2) is 0 Å². The van der Waals surface area contributed by atoms with Gasteiger partial charge in [0.15, 0.2) is 0 Å². The lowest BCUT2D eigenvalue weighted by molar-refractivity contribution is -0.132. The molecule has 1 fully saturated rings. The first-order valence-corrected chi connectivity index (χ1v) is 8.16. The Balaban J connectivity index is 2.15. The van der Waals surface area contributed by atoms with Crippen LogP contribution < -0.4 is 4.90 Å². The highest BCUT2D eigenvalue weighted by molar-refractivity contribution is 5.98. The van der Waals surface area contributed by atoms with Crippen molar-refractivity contribution in [3.63, 3.8) is 0 Å².